The number of Topliss-reactive ketones (excluding diaryl/α,β-unsaturated/α-hetero) is 1. The second kappa shape index (κ2) is 6.15. The van der Waals surface area contributed by atoms with Crippen molar-refractivity contribution in [3.05, 3.63) is 53.5 Å². The third-order valence-corrected chi connectivity index (χ3v) is 4.49. The highest BCUT2D eigenvalue weighted by molar-refractivity contribution is 5.96. The van der Waals surface area contributed by atoms with E-state index < -0.39 is 29.5 Å². The first kappa shape index (κ1) is 17.4. The van der Waals surface area contributed by atoms with Crippen molar-refractivity contribution in [2.45, 2.75) is 31.1 Å². The number of benzene rings is 1. The Balaban J connectivity index is 1.79. The molecule has 25 heavy (non-hydrogen) atoms. The summed E-state index contributed by atoms with van der Waals surface area (Å²) in [7, 11) is 0. The Morgan fingerprint density at radius 2 is 2.04 bits per heavy atom. The molecule has 7 heteroatoms. The lowest BCUT2D eigenvalue weighted by atomic mass is 9.90. The van der Waals surface area contributed by atoms with Crippen LogP contribution in [0.25, 0.3) is 0 Å². The quantitative estimate of drug-likeness (QED) is 0.803. The number of nitrogens with zero attached hydrogens (tertiary/aromatic N) is 1. The Bertz CT molecular complexity index is 796. The Morgan fingerprint density at radius 3 is 2.52 bits per heavy atom. The van der Waals surface area contributed by atoms with Crippen LogP contribution in [0.2, 0.25) is 0 Å². The van der Waals surface area contributed by atoms with Gasteiger partial charge in [-0.1, -0.05) is 6.07 Å². The lowest BCUT2D eigenvalue weighted by molar-refractivity contribution is -0.0200. The van der Waals surface area contributed by atoms with Crippen molar-refractivity contribution in [1.82, 2.24) is 4.98 Å². The molecule has 1 N–H and O–H groups in total. The number of alkyl halides is 2. The van der Waals surface area contributed by atoms with Crippen LogP contribution in [0.1, 0.15) is 35.7 Å². The van der Waals surface area contributed by atoms with E-state index in [9.17, 15) is 18.0 Å². The smallest absolute Gasteiger partial charge is 0.254 e. The van der Waals surface area contributed by atoms with E-state index >= 15 is 0 Å². The maximum absolute atomic E-state index is 14.3. The number of carbonyl (C=O) groups is 1. The van der Waals surface area contributed by atoms with Crippen LogP contribution in [0.4, 0.5) is 13.2 Å². The average molecular weight is 351 g/mol. The van der Waals surface area contributed by atoms with Crippen molar-refractivity contribution in [2.24, 2.45) is 0 Å². The van der Waals surface area contributed by atoms with Gasteiger partial charge in [-0.2, -0.15) is 0 Å². The number of hydrogen-bond donors (Lipinski definition) is 1. The molecule has 1 heterocycles. The Kier molecular flexibility index (Phi) is 4.28. The summed E-state index contributed by atoms with van der Waals surface area (Å²) in [6.45, 7) is 0.212. The van der Waals surface area contributed by atoms with E-state index in [4.69, 9.17) is 9.84 Å². The fraction of sp³-hybridized carbons (Fsp3) is 0.333. The molecule has 0 atom stereocenters. The second-order valence-electron chi connectivity index (χ2n) is 6.18. The van der Waals surface area contributed by atoms with E-state index in [2.05, 4.69) is 4.98 Å². The van der Waals surface area contributed by atoms with Gasteiger partial charge >= 0.3 is 0 Å². The molecule has 1 aromatic heterocycles. The summed E-state index contributed by atoms with van der Waals surface area (Å²) < 4.78 is 47.1. The molecule has 0 amide bonds. The summed E-state index contributed by atoms with van der Waals surface area (Å²) >= 11 is 0. The van der Waals surface area contributed by atoms with E-state index in [1.165, 1.54) is 30.5 Å². The topological polar surface area (TPSA) is 59.4 Å². The zero-order valence-corrected chi connectivity index (χ0v) is 13.4. The van der Waals surface area contributed by atoms with E-state index in [0.29, 0.717) is 12.8 Å². The average Bonchev–Trinajstić information content (AvgIpc) is 3.38. The predicted molar refractivity (Wildman–Crippen MR) is 83.7 cm³/mol. The number of ether oxygens (including phenoxy) is 1. The van der Waals surface area contributed by atoms with Crippen LogP contribution in [0, 0.1) is 5.82 Å². The highest BCUT2D eigenvalue weighted by Gasteiger charge is 2.60. The molecule has 132 valence electrons. The number of halogens is 3. The van der Waals surface area contributed by atoms with Gasteiger partial charge < -0.3 is 9.84 Å². The minimum atomic E-state index is -2.92. The number of ketones is 1. The summed E-state index contributed by atoms with van der Waals surface area (Å²) in [4.78, 5) is 15.2. The molecule has 2 aromatic rings. The van der Waals surface area contributed by atoms with Crippen molar-refractivity contribution >= 4 is 5.78 Å². The third kappa shape index (κ3) is 3.24. The van der Waals surface area contributed by atoms with Crippen LogP contribution in [0.3, 0.4) is 0 Å². The van der Waals surface area contributed by atoms with Gasteiger partial charge in [-0.15, -0.1) is 0 Å². The van der Waals surface area contributed by atoms with Gasteiger partial charge in [0.1, 0.15) is 6.61 Å². The summed E-state index contributed by atoms with van der Waals surface area (Å²) in [6, 6.07) is 6.56. The number of rotatable bonds is 6. The fourth-order valence-electron chi connectivity index (χ4n) is 2.80. The van der Waals surface area contributed by atoms with Crippen LogP contribution in [-0.2, 0) is 5.41 Å². The minimum Gasteiger partial charge on any atom is -0.436 e. The number of aliphatic hydroxyl groups excluding tert-OH is 1. The molecule has 1 aliphatic carbocycles. The van der Waals surface area contributed by atoms with Crippen LogP contribution in [0.15, 0.2) is 36.5 Å². The highest BCUT2D eigenvalue weighted by atomic mass is 19.3. The fourth-order valence-corrected chi connectivity index (χ4v) is 2.80. The van der Waals surface area contributed by atoms with Gasteiger partial charge in [0.2, 0.25) is 5.88 Å². The Hall–Kier alpha value is -2.41. The molecule has 4 nitrogen and oxygen atoms in total. The third-order valence-electron chi connectivity index (χ3n) is 4.49. The van der Waals surface area contributed by atoms with Crippen LogP contribution in [-0.4, -0.2) is 28.4 Å². The summed E-state index contributed by atoms with van der Waals surface area (Å²) in [6.07, 6.45) is 1.84. The normalized spacial score (nSPS) is 15.7. The maximum Gasteiger partial charge on any atom is 0.254 e. The second-order valence-corrected chi connectivity index (χ2v) is 6.18. The molecule has 1 aliphatic rings. The van der Waals surface area contributed by atoms with Crippen molar-refractivity contribution in [1.29, 1.82) is 0 Å². The van der Waals surface area contributed by atoms with Crippen LogP contribution < -0.4 is 4.74 Å². The molecular weight excluding hydrogens is 335 g/mol. The molecular formula is C18H16F3NO3. The standard InChI is InChI=1S/C18H16F3NO3/c1-17(20,21)18(6-7-18)12-3-4-15(13(19)8-12)25-16-5-2-11(9-22-16)14(24)10-23/h2-5,8-9,23H,6-7,10H2,1H3. The summed E-state index contributed by atoms with van der Waals surface area (Å²) in [5, 5.41) is 8.77. The molecule has 0 unspecified atom stereocenters. The van der Waals surface area contributed by atoms with Gasteiger partial charge in [0.25, 0.3) is 5.92 Å². The van der Waals surface area contributed by atoms with E-state index in [-0.39, 0.29) is 22.8 Å². The number of pyridine rings is 1. The monoisotopic (exact) mass is 351 g/mol. The number of aliphatic hydroxyl groups is 1. The van der Waals surface area contributed by atoms with Crippen molar-refractivity contribution in [2.75, 3.05) is 6.61 Å². The number of carbonyl (C=O) groups excluding carboxylic acids is 1. The minimum absolute atomic E-state index is 0.0445. The summed E-state index contributed by atoms with van der Waals surface area (Å²) in [5.41, 5.74) is -0.843. The Labute approximate surface area is 142 Å². The van der Waals surface area contributed by atoms with E-state index in [1.807, 2.05) is 0 Å². The van der Waals surface area contributed by atoms with Crippen molar-refractivity contribution < 1.29 is 27.8 Å². The molecule has 1 saturated carbocycles. The van der Waals surface area contributed by atoms with Crippen LogP contribution >= 0.6 is 0 Å². The first-order chi connectivity index (χ1) is 11.8. The maximum atomic E-state index is 14.3. The van der Waals surface area contributed by atoms with E-state index in [0.717, 1.165) is 13.0 Å². The molecule has 0 saturated heterocycles. The SMILES string of the molecule is CC(F)(F)C1(c2ccc(Oc3ccc(C(=O)CO)cn3)c(F)c2)CC1. The lowest BCUT2D eigenvalue weighted by Crippen LogP contribution is -2.30. The molecule has 0 spiro atoms. The molecule has 0 aliphatic heterocycles. The molecule has 3 rings (SSSR count). The van der Waals surface area contributed by atoms with Crippen molar-refractivity contribution in [3.8, 4) is 11.6 Å². The molecule has 1 fully saturated rings. The van der Waals surface area contributed by atoms with Gasteiger partial charge in [-0.3, -0.25) is 4.79 Å². The summed E-state index contributed by atoms with van der Waals surface area (Å²) in [5.74, 6) is -4.27. The zero-order chi connectivity index (χ0) is 18.2. The van der Waals surface area contributed by atoms with Crippen LogP contribution in [0.5, 0.6) is 11.6 Å². The lowest BCUT2D eigenvalue weighted by Gasteiger charge is -2.23. The predicted octanol–water partition coefficient (Wildman–Crippen LogP) is 3.87. The Morgan fingerprint density at radius 1 is 1.32 bits per heavy atom. The van der Waals surface area contributed by atoms with Crippen molar-refractivity contribution in [3.63, 3.8) is 0 Å². The highest BCUT2D eigenvalue weighted by Crippen LogP contribution is 2.58. The number of hydrogen-bond acceptors (Lipinski definition) is 4. The first-order valence-corrected chi connectivity index (χ1v) is 7.73. The molecule has 1 aromatic carbocycles. The van der Waals surface area contributed by atoms with Gasteiger partial charge in [0.05, 0.1) is 5.41 Å². The van der Waals surface area contributed by atoms with Gasteiger partial charge in [-0.05, 0) is 36.6 Å². The van der Waals surface area contributed by atoms with E-state index in [1.54, 1.807) is 0 Å². The molecule has 0 bridgehead atoms. The zero-order valence-electron chi connectivity index (χ0n) is 13.4. The number of aromatic nitrogens is 1. The molecule has 0 radical (unpaired) electrons. The van der Waals surface area contributed by atoms with Gasteiger partial charge in [-0.25, -0.2) is 18.2 Å². The first-order valence-electron chi connectivity index (χ1n) is 7.73. The van der Waals surface area contributed by atoms with Gasteiger partial charge in [0.15, 0.2) is 17.3 Å². The van der Waals surface area contributed by atoms with Gasteiger partial charge in [0, 0.05) is 24.8 Å². The largest absolute Gasteiger partial charge is 0.436 e.